The molecule has 9 heteroatoms. The standard InChI is InChI=1S/C17H15N7O2/c1-18-16-13(9-3-2-4-11-14(9)24-26-23-11)10-7-20-22-17(10)21-15(16)12-8-19-5-6-25-12/h2-4,7,12-13,19H,5-6,8H2,(H2,20,21,22). The Bertz CT molecular complexity index is 1040. The third-order valence-corrected chi connectivity index (χ3v) is 4.79. The summed E-state index contributed by atoms with van der Waals surface area (Å²) in [7, 11) is 0. The average Bonchev–Trinajstić information content (AvgIpc) is 3.36. The van der Waals surface area contributed by atoms with E-state index in [2.05, 4.69) is 36.0 Å². The minimum atomic E-state index is -0.321. The Kier molecular flexibility index (Phi) is 3.44. The molecule has 1 saturated heterocycles. The molecule has 2 atom stereocenters. The summed E-state index contributed by atoms with van der Waals surface area (Å²) in [5.41, 5.74) is 4.38. The van der Waals surface area contributed by atoms with Crippen molar-refractivity contribution in [2.24, 2.45) is 0 Å². The van der Waals surface area contributed by atoms with E-state index in [0.717, 1.165) is 29.2 Å². The number of allylic oxidation sites excluding steroid dienone is 1. The predicted molar refractivity (Wildman–Crippen MR) is 92.1 cm³/mol. The van der Waals surface area contributed by atoms with Crippen LogP contribution in [0.3, 0.4) is 0 Å². The molecule has 4 heterocycles. The number of ether oxygens (including phenoxy) is 1. The average molecular weight is 349 g/mol. The molecule has 0 bridgehead atoms. The number of aromatic nitrogens is 4. The van der Waals surface area contributed by atoms with Crippen molar-refractivity contribution in [2.45, 2.75) is 12.0 Å². The van der Waals surface area contributed by atoms with Gasteiger partial charge in [0.15, 0.2) is 5.70 Å². The summed E-state index contributed by atoms with van der Waals surface area (Å²) >= 11 is 0. The number of hydrogen-bond donors (Lipinski definition) is 3. The van der Waals surface area contributed by atoms with Gasteiger partial charge in [0.2, 0.25) is 0 Å². The van der Waals surface area contributed by atoms with Crippen LogP contribution in [-0.2, 0) is 4.74 Å². The first kappa shape index (κ1) is 15.1. The number of nitrogens with zero attached hydrogens (tertiary/aromatic N) is 4. The van der Waals surface area contributed by atoms with Gasteiger partial charge in [0.1, 0.15) is 16.9 Å². The summed E-state index contributed by atoms with van der Waals surface area (Å²) in [4.78, 5) is 3.87. The molecule has 130 valence electrons. The largest absolute Gasteiger partial charge is 0.371 e. The Morgan fingerprint density at radius 1 is 1.23 bits per heavy atom. The number of nitrogens with one attached hydrogen (secondary N) is 3. The van der Waals surface area contributed by atoms with E-state index in [1.54, 1.807) is 6.20 Å². The molecule has 2 aromatic heterocycles. The lowest BCUT2D eigenvalue weighted by atomic mass is 9.85. The van der Waals surface area contributed by atoms with Crippen molar-refractivity contribution >= 4 is 16.9 Å². The Labute approximate surface area is 148 Å². The highest BCUT2D eigenvalue weighted by Gasteiger charge is 2.36. The minimum absolute atomic E-state index is 0.221. The lowest BCUT2D eigenvalue weighted by Crippen LogP contribution is -2.42. The molecule has 1 aromatic carbocycles. The summed E-state index contributed by atoms with van der Waals surface area (Å²) in [6, 6.07) is 5.68. The number of rotatable bonds is 2. The first-order valence-electron chi connectivity index (χ1n) is 8.32. The van der Waals surface area contributed by atoms with Gasteiger partial charge < -0.3 is 15.4 Å². The highest BCUT2D eigenvalue weighted by Crippen LogP contribution is 2.44. The summed E-state index contributed by atoms with van der Waals surface area (Å²) < 4.78 is 10.8. The Morgan fingerprint density at radius 2 is 2.19 bits per heavy atom. The van der Waals surface area contributed by atoms with Crippen LogP contribution in [0.15, 0.2) is 40.4 Å². The smallest absolute Gasteiger partial charge is 0.198 e. The molecule has 9 nitrogen and oxygen atoms in total. The number of aromatic amines is 1. The van der Waals surface area contributed by atoms with Crippen LogP contribution in [0.1, 0.15) is 17.0 Å². The molecule has 2 aliphatic heterocycles. The maximum Gasteiger partial charge on any atom is 0.198 e. The maximum atomic E-state index is 7.85. The van der Waals surface area contributed by atoms with E-state index < -0.39 is 0 Å². The Hall–Kier alpha value is -3.22. The zero-order chi connectivity index (χ0) is 17.5. The van der Waals surface area contributed by atoms with Gasteiger partial charge in [-0.2, -0.15) is 5.10 Å². The molecule has 0 radical (unpaired) electrons. The fourth-order valence-electron chi connectivity index (χ4n) is 3.61. The van der Waals surface area contributed by atoms with Gasteiger partial charge in [-0.1, -0.05) is 12.1 Å². The van der Waals surface area contributed by atoms with Crippen molar-refractivity contribution in [1.82, 2.24) is 25.8 Å². The van der Waals surface area contributed by atoms with Gasteiger partial charge in [-0.15, -0.1) is 0 Å². The SMILES string of the molecule is [C-]#[N+]C1=C(C2CNCCO2)Nc2[nH]ncc2C1c1cccc2nonc12. The molecular weight excluding hydrogens is 334 g/mol. The quantitative estimate of drug-likeness (QED) is 0.604. The van der Waals surface area contributed by atoms with Crippen molar-refractivity contribution in [2.75, 3.05) is 25.0 Å². The van der Waals surface area contributed by atoms with Gasteiger partial charge in [-0.05, 0) is 21.9 Å². The molecule has 0 amide bonds. The fourth-order valence-corrected chi connectivity index (χ4v) is 3.61. The van der Waals surface area contributed by atoms with Crippen LogP contribution >= 0.6 is 0 Å². The van der Waals surface area contributed by atoms with E-state index in [9.17, 15) is 0 Å². The zero-order valence-electron chi connectivity index (χ0n) is 13.7. The number of morpholine rings is 1. The normalized spacial score (nSPS) is 22.7. The van der Waals surface area contributed by atoms with Crippen LogP contribution < -0.4 is 10.6 Å². The van der Waals surface area contributed by atoms with Gasteiger partial charge in [-0.3, -0.25) is 5.10 Å². The lowest BCUT2D eigenvalue weighted by Gasteiger charge is -2.32. The highest BCUT2D eigenvalue weighted by atomic mass is 16.6. The number of fused-ring (bicyclic) bond motifs is 2. The molecule has 5 rings (SSSR count). The van der Waals surface area contributed by atoms with Crippen LogP contribution in [0, 0.1) is 6.57 Å². The Balaban J connectivity index is 1.72. The molecule has 0 spiro atoms. The number of H-pyrrole nitrogens is 1. The maximum absolute atomic E-state index is 7.85. The second-order valence-electron chi connectivity index (χ2n) is 6.21. The zero-order valence-corrected chi connectivity index (χ0v) is 13.7. The van der Waals surface area contributed by atoms with Gasteiger partial charge >= 0.3 is 0 Å². The van der Waals surface area contributed by atoms with Crippen molar-refractivity contribution in [3.05, 3.63) is 58.3 Å². The summed E-state index contributed by atoms with van der Waals surface area (Å²) in [6.07, 6.45) is 1.52. The first-order valence-corrected chi connectivity index (χ1v) is 8.32. The predicted octanol–water partition coefficient (Wildman–Crippen LogP) is 1.62. The number of hydrogen-bond acceptors (Lipinski definition) is 7. The van der Waals surface area contributed by atoms with Gasteiger partial charge in [-0.25, -0.2) is 9.47 Å². The molecule has 2 unspecified atom stereocenters. The molecule has 26 heavy (non-hydrogen) atoms. The van der Waals surface area contributed by atoms with E-state index >= 15 is 0 Å². The summed E-state index contributed by atoms with van der Waals surface area (Å²) in [5, 5.41) is 21.7. The van der Waals surface area contributed by atoms with Crippen molar-refractivity contribution in [1.29, 1.82) is 0 Å². The van der Waals surface area contributed by atoms with Crippen LogP contribution in [0.25, 0.3) is 15.9 Å². The molecular formula is C17H15N7O2. The van der Waals surface area contributed by atoms with E-state index in [1.165, 1.54) is 0 Å². The molecule has 0 aliphatic carbocycles. The lowest BCUT2D eigenvalue weighted by molar-refractivity contribution is 0.0517. The second-order valence-corrected chi connectivity index (χ2v) is 6.21. The minimum Gasteiger partial charge on any atom is -0.371 e. The van der Waals surface area contributed by atoms with Crippen LogP contribution in [0.2, 0.25) is 0 Å². The van der Waals surface area contributed by atoms with E-state index in [0.29, 0.717) is 29.9 Å². The first-order chi connectivity index (χ1) is 12.9. The molecule has 3 N–H and O–H groups in total. The van der Waals surface area contributed by atoms with Gasteiger partial charge in [0, 0.05) is 24.4 Å². The molecule has 2 aliphatic rings. The van der Waals surface area contributed by atoms with Crippen LogP contribution in [0.4, 0.5) is 5.82 Å². The number of benzene rings is 1. The van der Waals surface area contributed by atoms with Gasteiger partial charge in [0.25, 0.3) is 0 Å². The summed E-state index contributed by atoms with van der Waals surface area (Å²) in [5.74, 6) is 0.443. The molecule has 0 saturated carbocycles. The Morgan fingerprint density at radius 3 is 3.04 bits per heavy atom. The van der Waals surface area contributed by atoms with Crippen LogP contribution in [0.5, 0.6) is 0 Å². The molecule has 3 aromatic rings. The van der Waals surface area contributed by atoms with E-state index in [-0.39, 0.29) is 12.0 Å². The van der Waals surface area contributed by atoms with Gasteiger partial charge in [0.05, 0.1) is 31.4 Å². The number of anilines is 1. The third kappa shape index (κ3) is 2.20. The fraction of sp³-hybridized carbons (Fsp3) is 0.294. The van der Waals surface area contributed by atoms with E-state index in [4.69, 9.17) is 15.9 Å². The highest BCUT2D eigenvalue weighted by molar-refractivity contribution is 5.80. The second kappa shape index (κ2) is 5.94. The van der Waals surface area contributed by atoms with Crippen LogP contribution in [-0.4, -0.2) is 46.3 Å². The van der Waals surface area contributed by atoms with Crippen molar-refractivity contribution in [3.8, 4) is 0 Å². The summed E-state index contributed by atoms with van der Waals surface area (Å²) in [6.45, 7) is 9.91. The van der Waals surface area contributed by atoms with Crippen molar-refractivity contribution in [3.63, 3.8) is 0 Å². The van der Waals surface area contributed by atoms with E-state index in [1.807, 2.05) is 18.2 Å². The topological polar surface area (TPSA) is 105 Å². The third-order valence-electron chi connectivity index (χ3n) is 4.79. The molecule has 1 fully saturated rings. The monoisotopic (exact) mass is 349 g/mol. The van der Waals surface area contributed by atoms with Crippen molar-refractivity contribution < 1.29 is 9.37 Å².